The smallest absolute Gasteiger partial charge is 0.0681 e. The maximum atomic E-state index is 8.63. The molecule has 0 unspecified atom stereocenters. The summed E-state index contributed by atoms with van der Waals surface area (Å²) in [6, 6.07) is 7.84. The minimum absolute atomic E-state index is 0.139. The van der Waals surface area contributed by atoms with E-state index in [0.717, 1.165) is 31.9 Å². The molecule has 1 aliphatic heterocycles. The van der Waals surface area contributed by atoms with Gasteiger partial charge in [-0.15, -0.1) is 0 Å². The zero-order valence-corrected chi connectivity index (χ0v) is 9.20. The third kappa shape index (κ3) is 5.52. The summed E-state index contributed by atoms with van der Waals surface area (Å²) in [5, 5.41) is 11.8. The molecule has 1 fully saturated rings. The summed E-state index contributed by atoms with van der Waals surface area (Å²) in [7, 11) is 0. The molecule has 1 aromatic carbocycles. The number of benzene rings is 1. The molecule has 2 N–H and O–H groups in total. The van der Waals surface area contributed by atoms with Gasteiger partial charge in [0.05, 0.1) is 19.8 Å². The van der Waals surface area contributed by atoms with E-state index in [2.05, 4.69) is 5.32 Å². The summed E-state index contributed by atoms with van der Waals surface area (Å²) >= 11 is 0. The van der Waals surface area contributed by atoms with Crippen LogP contribution in [0.5, 0.6) is 0 Å². The Morgan fingerprint density at radius 3 is 2.13 bits per heavy atom. The number of aliphatic hydroxyl groups excluding tert-OH is 1. The van der Waals surface area contributed by atoms with E-state index in [-0.39, 0.29) is 6.61 Å². The first-order chi connectivity index (χ1) is 7.33. The highest BCUT2D eigenvalue weighted by Crippen LogP contribution is 2.01. The maximum Gasteiger partial charge on any atom is 0.0681 e. The Kier molecular flexibility index (Phi) is 6.00. The number of nitrogens with one attached hydrogen (secondary N) is 1. The first-order valence-electron chi connectivity index (χ1n) is 5.28. The van der Waals surface area contributed by atoms with E-state index in [4.69, 9.17) is 9.84 Å². The molecule has 1 saturated heterocycles. The molecule has 1 aromatic rings. The Bertz CT molecular complexity index is 243. The van der Waals surface area contributed by atoms with Crippen molar-refractivity contribution in [1.82, 2.24) is 5.32 Å². The van der Waals surface area contributed by atoms with Gasteiger partial charge in [-0.05, 0) is 12.5 Å². The molecule has 1 aliphatic rings. The summed E-state index contributed by atoms with van der Waals surface area (Å²) in [4.78, 5) is 0. The second-order valence-electron chi connectivity index (χ2n) is 3.51. The molecule has 0 saturated carbocycles. The van der Waals surface area contributed by atoms with Crippen molar-refractivity contribution in [2.45, 2.75) is 13.5 Å². The molecule has 3 heteroatoms. The van der Waals surface area contributed by atoms with Gasteiger partial charge in [0.1, 0.15) is 0 Å². The van der Waals surface area contributed by atoms with Gasteiger partial charge in [-0.1, -0.05) is 29.8 Å². The van der Waals surface area contributed by atoms with E-state index in [9.17, 15) is 0 Å². The van der Waals surface area contributed by atoms with Crippen molar-refractivity contribution < 1.29 is 9.84 Å². The summed E-state index contributed by atoms with van der Waals surface area (Å²) in [5.74, 6) is 0. The van der Waals surface area contributed by atoms with Crippen LogP contribution in [0.2, 0.25) is 0 Å². The van der Waals surface area contributed by atoms with Crippen molar-refractivity contribution in [3.63, 3.8) is 0 Å². The molecule has 0 bridgehead atoms. The predicted octanol–water partition coefficient (Wildman–Crippen LogP) is 1.09. The van der Waals surface area contributed by atoms with Crippen LogP contribution >= 0.6 is 0 Å². The number of morpholine rings is 1. The number of hydrogen-bond acceptors (Lipinski definition) is 3. The summed E-state index contributed by atoms with van der Waals surface area (Å²) in [6.45, 7) is 6.00. The Morgan fingerprint density at radius 2 is 1.80 bits per heavy atom. The molecule has 0 spiro atoms. The first-order valence-corrected chi connectivity index (χ1v) is 5.28. The van der Waals surface area contributed by atoms with Crippen LogP contribution in [-0.2, 0) is 11.3 Å². The lowest BCUT2D eigenvalue weighted by atomic mass is 10.2. The number of rotatable bonds is 1. The number of aryl methyl sites for hydroxylation is 1. The molecule has 15 heavy (non-hydrogen) atoms. The molecule has 0 aliphatic carbocycles. The SMILES string of the molecule is C1COCCN1.Cc1ccc(CO)cc1. The maximum absolute atomic E-state index is 8.63. The second kappa shape index (κ2) is 7.40. The zero-order valence-electron chi connectivity index (χ0n) is 9.20. The van der Waals surface area contributed by atoms with Crippen LogP contribution in [0, 0.1) is 6.92 Å². The topological polar surface area (TPSA) is 41.5 Å². The summed E-state index contributed by atoms with van der Waals surface area (Å²) < 4.78 is 5.01. The van der Waals surface area contributed by atoms with Gasteiger partial charge in [-0.3, -0.25) is 0 Å². The monoisotopic (exact) mass is 209 g/mol. The number of hydrogen-bond donors (Lipinski definition) is 2. The van der Waals surface area contributed by atoms with E-state index in [0.29, 0.717) is 0 Å². The third-order valence-electron chi connectivity index (χ3n) is 2.15. The minimum Gasteiger partial charge on any atom is -0.392 e. The molecule has 1 heterocycles. The summed E-state index contributed by atoms with van der Waals surface area (Å²) in [5.41, 5.74) is 2.20. The van der Waals surface area contributed by atoms with Crippen molar-refractivity contribution in [2.24, 2.45) is 0 Å². The van der Waals surface area contributed by atoms with Crippen LogP contribution in [-0.4, -0.2) is 31.4 Å². The zero-order chi connectivity index (χ0) is 10.9. The average molecular weight is 209 g/mol. The molecule has 3 nitrogen and oxygen atoms in total. The van der Waals surface area contributed by atoms with Gasteiger partial charge in [0.2, 0.25) is 0 Å². The Morgan fingerprint density at radius 1 is 1.20 bits per heavy atom. The summed E-state index contributed by atoms with van der Waals surface area (Å²) in [6.07, 6.45) is 0. The van der Waals surface area contributed by atoms with Crippen molar-refractivity contribution in [1.29, 1.82) is 0 Å². The fourth-order valence-corrected chi connectivity index (χ4v) is 1.21. The van der Waals surface area contributed by atoms with Crippen molar-refractivity contribution >= 4 is 0 Å². The molecule has 0 aromatic heterocycles. The largest absolute Gasteiger partial charge is 0.392 e. The quantitative estimate of drug-likeness (QED) is 0.727. The lowest BCUT2D eigenvalue weighted by Crippen LogP contribution is -2.30. The third-order valence-corrected chi connectivity index (χ3v) is 2.15. The highest BCUT2D eigenvalue weighted by molar-refractivity contribution is 5.20. The van der Waals surface area contributed by atoms with Crippen LogP contribution in [0.1, 0.15) is 11.1 Å². The van der Waals surface area contributed by atoms with Gasteiger partial charge in [0.25, 0.3) is 0 Å². The number of ether oxygens (including phenoxy) is 1. The van der Waals surface area contributed by atoms with Crippen LogP contribution in [0.25, 0.3) is 0 Å². The Balaban J connectivity index is 0.000000162. The van der Waals surface area contributed by atoms with Crippen molar-refractivity contribution in [3.8, 4) is 0 Å². The predicted molar refractivity (Wildman–Crippen MR) is 60.8 cm³/mol. The molecular formula is C12H19NO2. The van der Waals surface area contributed by atoms with E-state index in [1.165, 1.54) is 5.56 Å². The van der Waals surface area contributed by atoms with Gasteiger partial charge < -0.3 is 15.2 Å². The minimum atomic E-state index is 0.139. The van der Waals surface area contributed by atoms with Gasteiger partial charge in [-0.2, -0.15) is 0 Å². The van der Waals surface area contributed by atoms with Crippen LogP contribution in [0.15, 0.2) is 24.3 Å². The Hall–Kier alpha value is -0.900. The Labute approximate surface area is 91.1 Å². The molecular weight excluding hydrogens is 190 g/mol. The fourth-order valence-electron chi connectivity index (χ4n) is 1.21. The van der Waals surface area contributed by atoms with Crippen LogP contribution in [0.3, 0.4) is 0 Å². The lowest BCUT2D eigenvalue weighted by Gasteiger charge is -2.10. The van der Waals surface area contributed by atoms with Crippen molar-refractivity contribution in [3.05, 3.63) is 35.4 Å². The normalized spacial score (nSPS) is 15.3. The molecule has 0 amide bonds. The second-order valence-corrected chi connectivity index (χ2v) is 3.51. The highest BCUT2D eigenvalue weighted by Gasteiger charge is 1.93. The highest BCUT2D eigenvalue weighted by atomic mass is 16.5. The molecule has 84 valence electrons. The fraction of sp³-hybridized carbons (Fsp3) is 0.500. The van der Waals surface area contributed by atoms with Gasteiger partial charge in [0, 0.05) is 13.1 Å². The van der Waals surface area contributed by atoms with Crippen LogP contribution in [0.4, 0.5) is 0 Å². The van der Waals surface area contributed by atoms with Crippen LogP contribution < -0.4 is 5.32 Å². The molecule has 2 rings (SSSR count). The van der Waals surface area contributed by atoms with E-state index in [1.54, 1.807) is 0 Å². The molecule has 0 atom stereocenters. The van der Waals surface area contributed by atoms with Gasteiger partial charge in [0.15, 0.2) is 0 Å². The van der Waals surface area contributed by atoms with Gasteiger partial charge >= 0.3 is 0 Å². The van der Waals surface area contributed by atoms with Crippen molar-refractivity contribution in [2.75, 3.05) is 26.3 Å². The number of aliphatic hydroxyl groups is 1. The van der Waals surface area contributed by atoms with E-state index < -0.39 is 0 Å². The lowest BCUT2D eigenvalue weighted by molar-refractivity contribution is 0.109. The molecule has 0 radical (unpaired) electrons. The average Bonchev–Trinajstić information content (AvgIpc) is 2.33. The standard InChI is InChI=1S/C8H10O.C4H9NO/c1-7-2-4-8(6-9)5-3-7;1-3-6-4-2-5-1/h2-5,9H,6H2,1H3;5H,1-4H2. The van der Waals surface area contributed by atoms with E-state index in [1.807, 2.05) is 31.2 Å². The van der Waals surface area contributed by atoms with Gasteiger partial charge in [-0.25, -0.2) is 0 Å². The first kappa shape index (κ1) is 12.2. The van der Waals surface area contributed by atoms with E-state index >= 15 is 0 Å².